The fraction of sp³-hybridized carbons (Fsp3) is 0.143. The monoisotopic (exact) mass is 120 g/mol. The van der Waals surface area contributed by atoms with Gasteiger partial charge in [-0.05, 0) is 6.07 Å². The first-order chi connectivity index (χ1) is 4.36. The summed E-state index contributed by atoms with van der Waals surface area (Å²) in [6, 6.07) is 2.00. The first-order valence-corrected chi connectivity index (χ1v) is 2.99. The molecule has 9 heavy (non-hydrogen) atoms. The number of anilines is 1. The third-order valence-electron chi connectivity index (χ3n) is 1.55. The van der Waals surface area contributed by atoms with Gasteiger partial charge in [-0.2, -0.15) is 0 Å². The van der Waals surface area contributed by atoms with Crippen LogP contribution in [0.3, 0.4) is 0 Å². The number of nitrogens with zero attached hydrogens (tertiary/aromatic N) is 1. The molecule has 0 saturated carbocycles. The summed E-state index contributed by atoms with van der Waals surface area (Å²) >= 11 is 0. The number of hydrogen-bond donors (Lipinski definition) is 1. The highest BCUT2D eigenvalue weighted by molar-refractivity contribution is 5.48. The van der Waals surface area contributed by atoms with Crippen LogP contribution in [0.1, 0.15) is 5.69 Å². The van der Waals surface area contributed by atoms with Crippen LogP contribution in [0.2, 0.25) is 0 Å². The summed E-state index contributed by atoms with van der Waals surface area (Å²) in [6.45, 7) is 0. The zero-order valence-corrected chi connectivity index (χ0v) is 5.04. The molecule has 2 nitrogen and oxygen atoms in total. The van der Waals surface area contributed by atoms with E-state index in [1.165, 1.54) is 5.69 Å². The SMILES string of the molecule is Nc1cc2n(c1)C=CC2. The molecule has 1 aromatic heterocycles. The van der Waals surface area contributed by atoms with E-state index in [4.69, 9.17) is 5.73 Å². The summed E-state index contributed by atoms with van der Waals surface area (Å²) in [7, 11) is 0. The van der Waals surface area contributed by atoms with Crippen LogP contribution in [-0.4, -0.2) is 4.57 Å². The van der Waals surface area contributed by atoms with Crippen LogP contribution in [0, 0.1) is 0 Å². The maximum atomic E-state index is 5.53. The van der Waals surface area contributed by atoms with Crippen LogP contribution >= 0.6 is 0 Å². The van der Waals surface area contributed by atoms with Crippen LogP contribution < -0.4 is 5.73 Å². The fourth-order valence-electron chi connectivity index (χ4n) is 1.14. The van der Waals surface area contributed by atoms with Crippen molar-refractivity contribution in [1.29, 1.82) is 0 Å². The van der Waals surface area contributed by atoms with E-state index in [1.807, 2.05) is 18.5 Å². The Morgan fingerprint density at radius 1 is 1.56 bits per heavy atom. The average molecular weight is 120 g/mol. The molecule has 2 N–H and O–H groups in total. The van der Waals surface area contributed by atoms with E-state index >= 15 is 0 Å². The van der Waals surface area contributed by atoms with Crippen molar-refractivity contribution < 1.29 is 0 Å². The minimum atomic E-state index is 0.856. The summed E-state index contributed by atoms with van der Waals surface area (Å²) in [5.41, 5.74) is 7.67. The number of hydrogen-bond acceptors (Lipinski definition) is 1. The highest BCUT2D eigenvalue weighted by Gasteiger charge is 2.03. The summed E-state index contributed by atoms with van der Waals surface area (Å²) in [5, 5.41) is 0. The quantitative estimate of drug-likeness (QED) is 0.546. The van der Waals surface area contributed by atoms with Crippen LogP contribution in [0.4, 0.5) is 5.69 Å². The molecule has 1 aliphatic heterocycles. The van der Waals surface area contributed by atoms with E-state index in [0.717, 1.165) is 12.1 Å². The van der Waals surface area contributed by atoms with Crippen molar-refractivity contribution in [2.75, 3.05) is 5.73 Å². The van der Waals surface area contributed by atoms with Gasteiger partial charge in [0.2, 0.25) is 0 Å². The molecule has 0 aliphatic carbocycles. The predicted octanol–water partition coefficient (Wildman–Crippen LogP) is 1.10. The van der Waals surface area contributed by atoms with Gasteiger partial charge in [0.15, 0.2) is 0 Å². The molecule has 0 amide bonds. The van der Waals surface area contributed by atoms with Crippen molar-refractivity contribution in [2.45, 2.75) is 6.42 Å². The molecule has 0 atom stereocenters. The molecular weight excluding hydrogens is 112 g/mol. The Hall–Kier alpha value is -1.18. The Morgan fingerprint density at radius 3 is 3.22 bits per heavy atom. The number of rotatable bonds is 0. The molecule has 46 valence electrons. The van der Waals surface area contributed by atoms with Gasteiger partial charge in [-0.25, -0.2) is 0 Å². The number of allylic oxidation sites excluding steroid dienone is 1. The van der Waals surface area contributed by atoms with Crippen LogP contribution in [0.5, 0.6) is 0 Å². The average Bonchev–Trinajstić information content (AvgIpc) is 2.22. The summed E-state index contributed by atoms with van der Waals surface area (Å²) in [5.74, 6) is 0. The second-order valence-corrected chi connectivity index (χ2v) is 2.26. The van der Waals surface area contributed by atoms with Crippen molar-refractivity contribution in [2.24, 2.45) is 0 Å². The largest absolute Gasteiger partial charge is 0.397 e. The van der Waals surface area contributed by atoms with Crippen molar-refractivity contribution >= 4 is 11.9 Å². The van der Waals surface area contributed by atoms with E-state index in [-0.39, 0.29) is 0 Å². The molecule has 0 fully saturated rings. The molecule has 2 heteroatoms. The van der Waals surface area contributed by atoms with E-state index in [2.05, 4.69) is 10.6 Å². The van der Waals surface area contributed by atoms with Crippen LogP contribution in [0.25, 0.3) is 6.20 Å². The van der Waals surface area contributed by atoms with Crippen molar-refractivity contribution in [3.05, 3.63) is 24.0 Å². The van der Waals surface area contributed by atoms with Gasteiger partial charge in [0.25, 0.3) is 0 Å². The minimum Gasteiger partial charge on any atom is -0.397 e. The number of aromatic nitrogens is 1. The zero-order chi connectivity index (χ0) is 6.27. The summed E-state index contributed by atoms with van der Waals surface area (Å²) in [6.07, 6.45) is 7.11. The zero-order valence-electron chi connectivity index (χ0n) is 5.04. The Bertz CT molecular complexity index is 258. The van der Waals surface area contributed by atoms with Gasteiger partial charge in [-0.3, -0.25) is 0 Å². The van der Waals surface area contributed by atoms with Crippen LogP contribution in [0.15, 0.2) is 18.3 Å². The van der Waals surface area contributed by atoms with E-state index in [1.54, 1.807) is 0 Å². The van der Waals surface area contributed by atoms with Gasteiger partial charge >= 0.3 is 0 Å². The first-order valence-electron chi connectivity index (χ1n) is 2.99. The highest BCUT2D eigenvalue weighted by atomic mass is 15.0. The standard InChI is InChI=1S/C7H8N2/c8-6-4-7-2-1-3-9(7)5-6/h1,3-5H,2,8H2. The molecule has 0 aromatic carbocycles. The molecule has 0 saturated heterocycles. The normalized spacial score (nSPS) is 14.2. The third kappa shape index (κ3) is 0.560. The van der Waals surface area contributed by atoms with Crippen LogP contribution in [-0.2, 0) is 6.42 Å². The fourth-order valence-corrected chi connectivity index (χ4v) is 1.14. The highest BCUT2D eigenvalue weighted by Crippen LogP contribution is 2.16. The Kier molecular flexibility index (Phi) is 0.730. The lowest BCUT2D eigenvalue weighted by Gasteiger charge is -1.87. The first kappa shape index (κ1) is 4.68. The Balaban J connectivity index is 2.61. The van der Waals surface area contributed by atoms with Crippen molar-refractivity contribution in [3.63, 3.8) is 0 Å². The molecule has 2 heterocycles. The maximum absolute atomic E-state index is 5.53. The third-order valence-corrected chi connectivity index (χ3v) is 1.55. The maximum Gasteiger partial charge on any atom is 0.0500 e. The van der Waals surface area contributed by atoms with E-state index < -0.39 is 0 Å². The molecule has 0 spiro atoms. The molecule has 0 unspecified atom stereocenters. The lowest BCUT2D eigenvalue weighted by molar-refractivity contribution is 1.09. The van der Waals surface area contributed by atoms with Gasteiger partial charge in [0.1, 0.15) is 0 Å². The summed E-state index contributed by atoms with van der Waals surface area (Å²) < 4.78 is 2.05. The molecule has 0 bridgehead atoms. The van der Waals surface area contributed by atoms with Gasteiger partial charge in [0, 0.05) is 24.5 Å². The van der Waals surface area contributed by atoms with Gasteiger partial charge in [-0.1, -0.05) is 6.08 Å². The molecule has 1 aromatic rings. The molecule has 0 radical (unpaired) electrons. The van der Waals surface area contributed by atoms with Gasteiger partial charge < -0.3 is 10.3 Å². The van der Waals surface area contributed by atoms with E-state index in [0.29, 0.717) is 0 Å². The van der Waals surface area contributed by atoms with Gasteiger partial charge in [-0.15, -0.1) is 0 Å². The van der Waals surface area contributed by atoms with E-state index in [9.17, 15) is 0 Å². The predicted molar refractivity (Wildman–Crippen MR) is 37.9 cm³/mol. The van der Waals surface area contributed by atoms with Crippen molar-refractivity contribution in [1.82, 2.24) is 4.57 Å². The molecular formula is C7H8N2. The smallest absolute Gasteiger partial charge is 0.0500 e. The van der Waals surface area contributed by atoms with Crippen molar-refractivity contribution in [3.8, 4) is 0 Å². The Labute approximate surface area is 53.6 Å². The topological polar surface area (TPSA) is 30.9 Å². The number of nitrogen functional groups attached to an aromatic ring is 1. The summed E-state index contributed by atoms with van der Waals surface area (Å²) in [4.78, 5) is 0. The molecule has 1 aliphatic rings. The van der Waals surface area contributed by atoms with Gasteiger partial charge in [0.05, 0.1) is 5.69 Å². The lowest BCUT2D eigenvalue weighted by Crippen LogP contribution is -1.81. The Morgan fingerprint density at radius 2 is 2.44 bits per heavy atom. The minimum absolute atomic E-state index is 0.856. The number of fused-ring (bicyclic) bond motifs is 1. The second-order valence-electron chi connectivity index (χ2n) is 2.26. The second kappa shape index (κ2) is 1.41. The number of nitrogens with two attached hydrogens (primary N) is 1. The molecule has 2 rings (SSSR count). The lowest BCUT2D eigenvalue weighted by atomic mass is 10.3.